The number of hydrogen-bond donors (Lipinski definition) is 1. The molecule has 0 aromatic heterocycles. The van der Waals surface area contributed by atoms with E-state index in [2.05, 4.69) is 21.2 Å². The first-order valence-corrected chi connectivity index (χ1v) is 7.94. The molecular weight excluding hydrogens is 414 g/mol. The Balaban J connectivity index is 2.19. The minimum absolute atomic E-state index is 0.143. The van der Waals surface area contributed by atoms with Gasteiger partial charge in [0.1, 0.15) is 5.02 Å². The molecule has 126 valence electrons. The molecule has 2 aromatic carbocycles. The number of benzene rings is 2. The van der Waals surface area contributed by atoms with Crippen molar-refractivity contribution in [3.05, 3.63) is 67.6 Å². The van der Waals surface area contributed by atoms with E-state index in [1.165, 1.54) is 24.3 Å². The van der Waals surface area contributed by atoms with Gasteiger partial charge in [-0.15, -0.1) is 0 Å². The van der Waals surface area contributed by atoms with E-state index >= 15 is 0 Å². The van der Waals surface area contributed by atoms with Gasteiger partial charge in [0.05, 0.1) is 11.0 Å². The van der Waals surface area contributed by atoms with Gasteiger partial charge in [-0.1, -0.05) is 39.7 Å². The van der Waals surface area contributed by atoms with Gasteiger partial charge in [0, 0.05) is 21.8 Å². The maximum absolute atomic E-state index is 12.3. The van der Waals surface area contributed by atoms with E-state index in [0.717, 1.165) is 10.5 Å². The van der Waals surface area contributed by atoms with Crippen molar-refractivity contribution in [2.75, 3.05) is 5.32 Å². The lowest BCUT2D eigenvalue weighted by molar-refractivity contribution is -0.384. The van der Waals surface area contributed by atoms with Crippen LogP contribution < -0.4 is 5.32 Å². The van der Waals surface area contributed by atoms with Crippen LogP contribution >= 0.6 is 27.5 Å². The predicted octanol–water partition coefficient (Wildman–Crippen LogP) is 3.97. The standard InChI is InChI=1S/C16H9BrClN3O4/c17-10-3-1-9(2-4-10)15(22)12(8-19)16(23)20-11-5-6-14(21(24)25)13(18)7-11/h1-7,12H,(H,20,23). The van der Waals surface area contributed by atoms with Crippen molar-refractivity contribution in [2.24, 2.45) is 5.92 Å². The number of halogens is 2. The van der Waals surface area contributed by atoms with Crippen molar-refractivity contribution >= 4 is 50.6 Å². The van der Waals surface area contributed by atoms with E-state index in [1.54, 1.807) is 18.2 Å². The molecule has 0 aliphatic carbocycles. The third kappa shape index (κ3) is 4.41. The Kier molecular flexibility index (Phi) is 5.85. The zero-order valence-electron chi connectivity index (χ0n) is 12.4. The number of carbonyl (C=O) groups is 2. The average molecular weight is 423 g/mol. The summed E-state index contributed by atoms with van der Waals surface area (Å²) < 4.78 is 0.752. The SMILES string of the molecule is N#CC(C(=O)Nc1ccc([N+](=O)[O-])c(Cl)c1)C(=O)c1ccc(Br)cc1. The molecule has 0 aliphatic rings. The normalized spacial score (nSPS) is 11.2. The number of nitro benzene ring substituents is 1. The topological polar surface area (TPSA) is 113 Å². The Morgan fingerprint density at radius 3 is 2.40 bits per heavy atom. The maximum Gasteiger partial charge on any atom is 0.288 e. The molecule has 25 heavy (non-hydrogen) atoms. The largest absolute Gasteiger partial charge is 0.324 e. The minimum atomic E-state index is -1.56. The van der Waals surface area contributed by atoms with Crippen molar-refractivity contribution in [1.29, 1.82) is 5.26 Å². The number of anilines is 1. The third-order valence-electron chi connectivity index (χ3n) is 3.19. The van der Waals surface area contributed by atoms with Crippen LogP contribution in [0.4, 0.5) is 11.4 Å². The van der Waals surface area contributed by atoms with Gasteiger partial charge in [0.15, 0.2) is 11.7 Å². The third-order valence-corrected chi connectivity index (χ3v) is 4.03. The molecule has 7 nitrogen and oxygen atoms in total. The highest BCUT2D eigenvalue weighted by Gasteiger charge is 2.28. The molecule has 1 N–H and O–H groups in total. The van der Waals surface area contributed by atoms with E-state index in [-0.39, 0.29) is 22.0 Å². The van der Waals surface area contributed by atoms with E-state index in [4.69, 9.17) is 11.6 Å². The van der Waals surface area contributed by atoms with E-state index in [0.29, 0.717) is 0 Å². The van der Waals surface area contributed by atoms with Crippen LogP contribution in [0.5, 0.6) is 0 Å². The van der Waals surface area contributed by atoms with Gasteiger partial charge in [0.2, 0.25) is 5.91 Å². The fraction of sp³-hybridized carbons (Fsp3) is 0.0625. The number of ketones is 1. The van der Waals surface area contributed by atoms with Crippen LogP contribution in [0, 0.1) is 27.4 Å². The van der Waals surface area contributed by atoms with Crippen LogP contribution in [0.2, 0.25) is 5.02 Å². The first-order chi connectivity index (χ1) is 11.8. The lowest BCUT2D eigenvalue weighted by Gasteiger charge is -2.10. The van der Waals surface area contributed by atoms with Gasteiger partial charge in [0.25, 0.3) is 5.69 Å². The number of nitro groups is 1. The van der Waals surface area contributed by atoms with Crippen LogP contribution in [0.3, 0.4) is 0 Å². The van der Waals surface area contributed by atoms with Gasteiger partial charge in [-0.2, -0.15) is 5.26 Å². The summed E-state index contributed by atoms with van der Waals surface area (Å²) in [5.41, 5.74) is 0.0403. The summed E-state index contributed by atoms with van der Waals surface area (Å²) in [6, 6.07) is 11.5. The molecule has 0 heterocycles. The minimum Gasteiger partial charge on any atom is -0.324 e. The van der Waals surface area contributed by atoms with Crippen LogP contribution in [0.25, 0.3) is 0 Å². The molecule has 1 atom stereocenters. The zero-order chi connectivity index (χ0) is 18.6. The fourth-order valence-corrected chi connectivity index (χ4v) is 2.48. The van der Waals surface area contributed by atoms with Crippen molar-refractivity contribution in [2.45, 2.75) is 0 Å². The number of amides is 1. The number of rotatable bonds is 5. The van der Waals surface area contributed by atoms with E-state index in [9.17, 15) is 25.0 Å². The summed E-state index contributed by atoms with van der Waals surface area (Å²) in [5, 5.41) is 22.1. The molecule has 2 rings (SSSR count). The number of nitrogens with one attached hydrogen (secondary N) is 1. The molecule has 0 spiro atoms. The van der Waals surface area contributed by atoms with Gasteiger partial charge >= 0.3 is 0 Å². The second-order valence-electron chi connectivity index (χ2n) is 4.85. The fourth-order valence-electron chi connectivity index (χ4n) is 1.96. The van der Waals surface area contributed by atoms with Gasteiger partial charge < -0.3 is 5.32 Å². The van der Waals surface area contributed by atoms with E-state index in [1.807, 2.05) is 0 Å². The van der Waals surface area contributed by atoms with Gasteiger partial charge in [-0.25, -0.2) is 0 Å². The Morgan fingerprint density at radius 1 is 1.24 bits per heavy atom. The lowest BCUT2D eigenvalue weighted by Crippen LogP contribution is -2.28. The Hall–Kier alpha value is -2.76. The summed E-state index contributed by atoms with van der Waals surface area (Å²) in [6.45, 7) is 0. The average Bonchev–Trinajstić information content (AvgIpc) is 2.55. The summed E-state index contributed by atoms with van der Waals surface area (Å²) in [6.07, 6.45) is 0. The molecule has 0 bridgehead atoms. The van der Waals surface area contributed by atoms with Crippen molar-refractivity contribution in [3.8, 4) is 6.07 Å². The highest BCUT2D eigenvalue weighted by Crippen LogP contribution is 2.27. The number of Topliss-reactive ketones (excluding diaryl/α,β-unsaturated/α-hetero) is 1. The highest BCUT2D eigenvalue weighted by molar-refractivity contribution is 9.10. The number of nitriles is 1. The van der Waals surface area contributed by atoms with Crippen LogP contribution in [0.1, 0.15) is 10.4 Å². The maximum atomic E-state index is 12.3. The zero-order valence-corrected chi connectivity index (χ0v) is 14.7. The monoisotopic (exact) mass is 421 g/mol. The first-order valence-electron chi connectivity index (χ1n) is 6.77. The van der Waals surface area contributed by atoms with E-state index < -0.39 is 22.5 Å². The number of hydrogen-bond acceptors (Lipinski definition) is 5. The molecule has 9 heteroatoms. The Morgan fingerprint density at radius 2 is 1.88 bits per heavy atom. The molecule has 0 saturated heterocycles. The summed E-state index contributed by atoms with van der Waals surface area (Å²) in [7, 11) is 0. The summed E-state index contributed by atoms with van der Waals surface area (Å²) in [5.74, 6) is -3.06. The summed E-state index contributed by atoms with van der Waals surface area (Å²) >= 11 is 8.99. The first kappa shape index (κ1) is 18.6. The van der Waals surface area contributed by atoms with Gasteiger partial charge in [-0.3, -0.25) is 19.7 Å². The quantitative estimate of drug-likeness (QED) is 0.339. The highest BCUT2D eigenvalue weighted by atomic mass is 79.9. The second-order valence-corrected chi connectivity index (χ2v) is 6.17. The van der Waals surface area contributed by atoms with Crippen LogP contribution in [-0.2, 0) is 4.79 Å². The van der Waals surface area contributed by atoms with Crippen LogP contribution in [0.15, 0.2) is 46.9 Å². The van der Waals surface area contributed by atoms with Crippen molar-refractivity contribution < 1.29 is 14.5 Å². The number of carbonyl (C=O) groups excluding carboxylic acids is 2. The molecule has 2 aromatic rings. The molecule has 0 saturated carbocycles. The molecule has 0 fully saturated rings. The van der Waals surface area contributed by atoms with Crippen LogP contribution in [-0.4, -0.2) is 16.6 Å². The summed E-state index contributed by atoms with van der Waals surface area (Å²) in [4.78, 5) is 34.6. The number of nitrogens with zero attached hydrogens (tertiary/aromatic N) is 2. The van der Waals surface area contributed by atoms with Crippen molar-refractivity contribution in [3.63, 3.8) is 0 Å². The Bertz CT molecular complexity index is 893. The molecule has 0 radical (unpaired) electrons. The predicted molar refractivity (Wildman–Crippen MR) is 94.3 cm³/mol. The van der Waals surface area contributed by atoms with Gasteiger partial charge in [-0.05, 0) is 24.3 Å². The van der Waals surface area contributed by atoms with Crippen molar-refractivity contribution in [1.82, 2.24) is 0 Å². The smallest absolute Gasteiger partial charge is 0.288 e. The molecular formula is C16H9BrClN3O4. The molecule has 1 unspecified atom stereocenters. The molecule has 1 amide bonds. The Labute approximate surface area is 155 Å². The lowest BCUT2D eigenvalue weighted by atomic mass is 9.98. The molecule has 0 aliphatic heterocycles. The second kappa shape index (κ2) is 7.88.